The molecule has 0 radical (unpaired) electrons. The van der Waals surface area contributed by atoms with Crippen molar-refractivity contribution in [1.82, 2.24) is 24.6 Å². The Hall–Kier alpha value is -2.73. The molecule has 27 heavy (non-hydrogen) atoms. The predicted molar refractivity (Wildman–Crippen MR) is 109 cm³/mol. The van der Waals surface area contributed by atoms with Gasteiger partial charge in [-0.25, -0.2) is 14.6 Å². The summed E-state index contributed by atoms with van der Waals surface area (Å²) in [6.45, 7) is 13.9. The van der Waals surface area contributed by atoms with Crippen LogP contribution in [0.2, 0.25) is 0 Å². The van der Waals surface area contributed by atoms with E-state index in [9.17, 15) is 0 Å². The van der Waals surface area contributed by atoms with Crippen molar-refractivity contribution in [2.24, 2.45) is 0 Å². The lowest BCUT2D eigenvalue weighted by atomic mass is 10.1. The van der Waals surface area contributed by atoms with E-state index in [2.05, 4.69) is 69.6 Å². The van der Waals surface area contributed by atoms with E-state index < -0.39 is 0 Å². The number of piperazine rings is 1. The molecule has 2 aromatic heterocycles. The number of aromatic nitrogens is 4. The fourth-order valence-corrected chi connectivity index (χ4v) is 3.61. The molecule has 0 amide bonds. The van der Waals surface area contributed by atoms with E-state index in [-0.39, 0.29) is 0 Å². The largest absolute Gasteiger partial charge is 0.353 e. The maximum absolute atomic E-state index is 4.59. The summed E-state index contributed by atoms with van der Waals surface area (Å²) in [5.74, 6) is 0.991. The van der Waals surface area contributed by atoms with Crippen molar-refractivity contribution in [2.75, 3.05) is 37.6 Å². The second-order valence-electron chi connectivity index (χ2n) is 7.44. The van der Waals surface area contributed by atoms with Crippen LogP contribution in [0.25, 0.3) is 11.0 Å². The Morgan fingerprint density at radius 3 is 2.52 bits per heavy atom. The van der Waals surface area contributed by atoms with E-state index >= 15 is 0 Å². The molecule has 0 atom stereocenters. The van der Waals surface area contributed by atoms with Crippen molar-refractivity contribution >= 4 is 16.9 Å². The summed E-state index contributed by atoms with van der Waals surface area (Å²) in [7, 11) is 0. The van der Waals surface area contributed by atoms with E-state index in [4.69, 9.17) is 0 Å². The number of hydrogen-bond acceptors (Lipinski definition) is 5. The zero-order valence-corrected chi connectivity index (χ0v) is 16.1. The lowest BCUT2D eigenvalue weighted by Crippen LogP contribution is -2.47. The second kappa shape index (κ2) is 7.48. The molecule has 6 heteroatoms. The molecule has 0 N–H and O–H groups in total. The number of anilines is 1. The first-order valence-electron chi connectivity index (χ1n) is 9.44. The van der Waals surface area contributed by atoms with Gasteiger partial charge in [-0.3, -0.25) is 4.90 Å². The van der Waals surface area contributed by atoms with Crippen molar-refractivity contribution in [3.63, 3.8) is 0 Å². The van der Waals surface area contributed by atoms with Crippen LogP contribution in [0.1, 0.15) is 18.1 Å². The van der Waals surface area contributed by atoms with E-state index in [0.717, 1.165) is 49.6 Å². The summed E-state index contributed by atoms with van der Waals surface area (Å²) in [5, 5.41) is 5.61. The van der Waals surface area contributed by atoms with Gasteiger partial charge in [-0.1, -0.05) is 42.0 Å². The highest BCUT2D eigenvalue weighted by molar-refractivity contribution is 5.86. The molecule has 0 spiro atoms. The molecule has 1 aliphatic rings. The molecule has 3 aromatic rings. The Balaban J connectivity index is 1.54. The molecule has 1 fully saturated rings. The van der Waals surface area contributed by atoms with Gasteiger partial charge in [0.25, 0.3) is 0 Å². The Morgan fingerprint density at radius 2 is 1.81 bits per heavy atom. The zero-order valence-electron chi connectivity index (χ0n) is 16.1. The molecule has 4 rings (SSSR count). The third-order valence-corrected chi connectivity index (χ3v) is 5.03. The summed E-state index contributed by atoms with van der Waals surface area (Å²) >= 11 is 0. The third kappa shape index (κ3) is 3.85. The van der Waals surface area contributed by atoms with Crippen LogP contribution in [-0.2, 0) is 6.54 Å². The van der Waals surface area contributed by atoms with Crippen LogP contribution in [0.5, 0.6) is 0 Å². The number of fused-ring (bicyclic) bond motifs is 1. The number of aryl methyl sites for hydroxylation is 1. The van der Waals surface area contributed by atoms with Gasteiger partial charge in [0.15, 0.2) is 5.65 Å². The smallest absolute Gasteiger partial charge is 0.163 e. The summed E-state index contributed by atoms with van der Waals surface area (Å²) < 4.78 is 1.96. The van der Waals surface area contributed by atoms with E-state index in [1.807, 2.05) is 10.9 Å². The van der Waals surface area contributed by atoms with Gasteiger partial charge in [0.2, 0.25) is 0 Å². The average Bonchev–Trinajstić information content (AvgIpc) is 3.07. The Labute approximate surface area is 160 Å². The standard InChI is InChI=1S/C21H26N6/c1-16(2)13-25-8-10-26(11-9-25)20-19-12-24-27(21(19)23-15-22-20)14-18-6-4-17(3)5-7-18/h4-7,12,15H,1,8-11,13-14H2,2-3H3. The van der Waals surface area contributed by atoms with Gasteiger partial charge in [-0.15, -0.1) is 0 Å². The van der Waals surface area contributed by atoms with Gasteiger partial charge in [-0.2, -0.15) is 5.10 Å². The van der Waals surface area contributed by atoms with Crippen molar-refractivity contribution in [3.05, 3.63) is 60.1 Å². The average molecular weight is 362 g/mol. The molecule has 6 nitrogen and oxygen atoms in total. The van der Waals surface area contributed by atoms with E-state index in [1.54, 1.807) is 6.33 Å². The number of benzene rings is 1. The van der Waals surface area contributed by atoms with Gasteiger partial charge < -0.3 is 4.90 Å². The van der Waals surface area contributed by atoms with Crippen LogP contribution in [-0.4, -0.2) is 57.4 Å². The highest BCUT2D eigenvalue weighted by atomic mass is 15.3. The first-order chi connectivity index (χ1) is 13.1. The molecule has 1 aromatic carbocycles. The van der Waals surface area contributed by atoms with Crippen LogP contribution in [0, 0.1) is 6.92 Å². The van der Waals surface area contributed by atoms with Gasteiger partial charge in [0.1, 0.15) is 12.1 Å². The summed E-state index contributed by atoms with van der Waals surface area (Å²) in [5.41, 5.74) is 4.59. The highest BCUT2D eigenvalue weighted by Crippen LogP contribution is 2.24. The van der Waals surface area contributed by atoms with E-state index in [0.29, 0.717) is 6.54 Å². The highest BCUT2D eigenvalue weighted by Gasteiger charge is 2.21. The summed E-state index contributed by atoms with van der Waals surface area (Å²) in [6, 6.07) is 8.55. The predicted octanol–water partition coefficient (Wildman–Crippen LogP) is 2.88. The SMILES string of the molecule is C=C(C)CN1CCN(c2ncnc3c2cnn3Cc2ccc(C)cc2)CC1. The van der Waals surface area contributed by atoms with Crippen molar-refractivity contribution in [3.8, 4) is 0 Å². The lowest BCUT2D eigenvalue weighted by Gasteiger charge is -2.35. The molecule has 0 bridgehead atoms. The zero-order chi connectivity index (χ0) is 18.8. The topological polar surface area (TPSA) is 50.1 Å². The third-order valence-electron chi connectivity index (χ3n) is 5.03. The second-order valence-corrected chi connectivity index (χ2v) is 7.44. The van der Waals surface area contributed by atoms with Gasteiger partial charge in [0, 0.05) is 32.7 Å². The van der Waals surface area contributed by atoms with Gasteiger partial charge in [0.05, 0.1) is 18.1 Å². The van der Waals surface area contributed by atoms with Gasteiger partial charge >= 0.3 is 0 Å². The van der Waals surface area contributed by atoms with Crippen LogP contribution in [0.15, 0.2) is 48.9 Å². The normalized spacial score (nSPS) is 15.4. The summed E-state index contributed by atoms with van der Waals surface area (Å²) in [4.78, 5) is 13.9. The Kier molecular flexibility index (Phi) is 4.90. The maximum atomic E-state index is 4.59. The Bertz CT molecular complexity index is 935. The molecule has 0 saturated carbocycles. The van der Waals surface area contributed by atoms with Crippen LogP contribution < -0.4 is 4.90 Å². The van der Waals surface area contributed by atoms with Crippen molar-refractivity contribution in [2.45, 2.75) is 20.4 Å². The minimum atomic E-state index is 0.715. The molecule has 1 aliphatic heterocycles. The number of hydrogen-bond donors (Lipinski definition) is 0. The van der Waals surface area contributed by atoms with Crippen LogP contribution in [0.3, 0.4) is 0 Å². The molecular formula is C21H26N6. The molecule has 140 valence electrons. The van der Waals surface area contributed by atoms with Crippen LogP contribution >= 0.6 is 0 Å². The van der Waals surface area contributed by atoms with Crippen molar-refractivity contribution in [1.29, 1.82) is 0 Å². The molecule has 1 saturated heterocycles. The lowest BCUT2D eigenvalue weighted by molar-refractivity contribution is 0.278. The Morgan fingerprint density at radius 1 is 1.07 bits per heavy atom. The summed E-state index contributed by atoms with van der Waals surface area (Å²) in [6.07, 6.45) is 3.56. The molecule has 0 aliphatic carbocycles. The minimum Gasteiger partial charge on any atom is -0.353 e. The van der Waals surface area contributed by atoms with Gasteiger partial charge in [-0.05, 0) is 19.4 Å². The molecule has 0 unspecified atom stereocenters. The molecule has 3 heterocycles. The van der Waals surface area contributed by atoms with Crippen LogP contribution in [0.4, 0.5) is 5.82 Å². The monoisotopic (exact) mass is 362 g/mol. The van der Waals surface area contributed by atoms with Crippen molar-refractivity contribution < 1.29 is 0 Å². The minimum absolute atomic E-state index is 0.715. The number of rotatable bonds is 5. The quantitative estimate of drug-likeness (QED) is 0.653. The number of nitrogens with zero attached hydrogens (tertiary/aromatic N) is 6. The fourth-order valence-electron chi connectivity index (χ4n) is 3.61. The van der Waals surface area contributed by atoms with E-state index in [1.165, 1.54) is 16.7 Å². The maximum Gasteiger partial charge on any atom is 0.163 e. The molecular weight excluding hydrogens is 336 g/mol. The first-order valence-corrected chi connectivity index (χ1v) is 9.44. The fraction of sp³-hybridized carbons (Fsp3) is 0.381. The first kappa shape index (κ1) is 17.7.